The van der Waals surface area contributed by atoms with Crippen molar-refractivity contribution >= 4 is 17.8 Å². The molecule has 1 aromatic rings. The molecule has 1 atom stereocenters. The Morgan fingerprint density at radius 3 is 2.78 bits per heavy atom. The number of ether oxygens (including phenoxy) is 1. The quantitative estimate of drug-likeness (QED) is 0.762. The number of piperidine rings is 2. The van der Waals surface area contributed by atoms with Crippen LogP contribution in [0.25, 0.3) is 0 Å². The predicted octanol–water partition coefficient (Wildman–Crippen LogP) is -0.334. The molecular weight excluding hydrogens is 350 g/mol. The van der Waals surface area contributed by atoms with E-state index in [2.05, 4.69) is 15.5 Å². The number of tetrazole rings is 1. The Bertz CT molecular complexity index is 692. The molecule has 0 bridgehead atoms. The fourth-order valence-electron chi connectivity index (χ4n) is 4.49. The summed E-state index contributed by atoms with van der Waals surface area (Å²) in [4.78, 5) is 28.7. The van der Waals surface area contributed by atoms with Gasteiger partial charge in [-0.05, 0) is 47.9 Å². The van der Waals surface area contributed by atoms with Gasteiger partial charge < -0.3 is 20.3 Å². The lowest BCUT2D eigenvalue weighted by atomic mass is 9.72. The van der Waals surface area contributed by atoms with Gasteiger partial charge in [-0.1, -0.05) is 5.10 Å². The van der Waals surface area contributed by atoms with Gasteiger partial charge in [0.05, 0.1) is 6.10 Å². The number of nitrogens with zero attached hydrogens (tertiary/aromatic N) is 6. The van der Waals surface area contributed by atoms with Crippen LogP contribution in [0.4, 0.5) is 5.95 Å². The highest BCUT2D eigenvalue weighted by Crippen LogP contribution is 2.40. The Hall–Kier alpha value is -2.23. The number of carbonyl (C=O) groups is 2. The summed E-state index contributed by atoms with van der Waals surface area (Å²) in [6.07, 6.45) is 5.66. The maximum absolute atomic E-state index is 12.5. The van der Waals surface area contributed by atoms with Crippen LogP contribution in [0.3, 0.4) is 0 Å². The van der Waals surface area contributed by atoms with E-state index in [1.54, 1.807) is 0 Å². The molecule has 0 aromatic carbocycles. The number of nitrogen functional groups attached to an aromatic ring is 1. The molecule has 0 aliphatic carbocycles. The van der Waals surface area contributed by atoms with Crippen LogP contribution in [-0.4, -0.2) is 80.7 Å². The number of rotatable bonds is 4. The average molecular weight is 377 g/mol. The highest BCUT2D eigenvalue weighted by molar-refractivity contribution is 5.77. The summed E-state index contributed by atoms with van der Waals surface area (Å²) in [6.45, 7) is 3.76. The molecule has 1 spiro atoms. The Balaban J connectivity index is 1.32. The van der Waals surface area contributed by atoms with Crippen LogP contribution in [0.1, 0.15) is 38.5 Å². The smallest absolute Gasteiger partial charge is 0.244 e. The lowest BCUT2D eigenvalue weighted by Crippen LogP contribution is -2.53. The molecule has 1 aromatic heterocycles. The SMILES string of the molecule is Nc1nnnn1CC(=O)N1CCC2(CCC(=O)N(C[C@@H]3CCCO3)C2)CC1. The minimum absolute atomic E-state index is 0.0213. The van der Waals surface area contributed by atoms with Crippen molar-refractivity contribution in [3.63, 3.8) is 0 Å². The van der Waals surface area contributed by atoms with E-state index in [4.69, 9.17) is 10.5 Å². The second-order valence-corrected chi connectivity index (χ2v) is 7.98. The maximum atomic E-state index is 12.5. The summed E-state index contributed by atoms with van der Waals surface area (Å²) in [6, 6.07) is 0. The molecule has 27 heavy (non-hydrogen) atoms. The minimum Gasteiger partial charge on any atom is -0.376 e. The van der Waals surface area contributed by atoms with Gasteiger partial charge in [0.25, 0.3) is 0 Å². The van der Waals surface area contributed by atoms with Crippen LogP contribution in [0.15, 0.2) is 0 Å². The van der Waals surface area contributed by atoms with Gasteiger partial charge in [0.15, 0.2) is 0 Å². The van der Waals surface area contributed by atoms with Crippen LogP contribution in [0, 0.1) is 5.41 Å². The Morgan fingerprint density at radius 2 is 2.11 bits per heavy atom. The fraction of sp³-hybridized carbons (Fsp3) is 0.824. The summed E-state index contributed by atoms with van der Waals surface area (Å²) in [5.41, 5.74) is 5.76. The van der Waals surface area contributed by atoms with Crippen molar-refractivity contribution in [2.75, 3.05) is 38.5 Å². The van der Waals surface area contributed by atoms with Crippen molar-refractivity contribution < 1.29 is 14.3 Å². The summed E-state index contributed by atoms with van der Waals surface area (Å²) in [7, 11) is 0. The largest absolute Gasteiger partial charge is 0.376 e. The summed E-state index contributed by atoms with van der Waals surface area (Å²) >= 11 is 0. The van der Waals surface area contributed by atoms with Crippen molar-refractivity contribution in [1.29, 1.82) is 0 Å². The van der Waals surface area contributed by atoms with E-state index in [1.165, 1.54) is 4.68 Å². The van der Waals surface area contributed by atoms with E-state index in [9.17, 15) is 9.59 Å². The van der Waals surface area contributed by atoms with Crippen molar-refractivity contribution in [1.82, 2.24) is 30.0 Å². The molecule has 10 nitrogen and oxygen atoms in total. The molecule has 4 rings (SSSR count). The van der Waals surface area contributed by atoms with E-state index in [0.717, 1.165) is 45.3 Å². The predicted molar refractivity (Wildman–Crippen MR) is 95.3 cm³/mol. The van der Waals surface area contributed by atoms with Crippen molar-refractivity contribution in [2.45, 2.75) is 51.2 Å². The molecule has 148 valence electrons. The maximum Gasteiger partial charge on any atom is 0.244 e. The molecule has 3 aliphatic rings. The number of hydrogen-bond donors (Lipinski definition) is 1. The Morgan fingerprint density at radius 1 is 1.30 bits per heavy atom. The number of aromatic nitrogens is 4. The van der Waals surface area contributed by atoms with Crippen LogP contribution in [0.2, 0.25) is 0 Å². The molecular formula is C17H27N7O3. The second-order valence-electron chi connectivity index (χ2n) is 7.98. The van der Waals surface area contributed by atoms with Gasteiger partial charge in [0, 0.05) is 39.2 Å². The van der Waals surface area contributed by atoms with Gasteiger partial charge in [-0.2, -0.15) is 0 Å². The molecule has 0 saturated carbocycles. The summed E-state index contributed by atoms with van der Waals surface area (Å²) in [5, 5.41) is 10.8. The van der Waals surface area contributed by atoms with E-state index in [0.29, 0.717) is 26.1 Å². The molecule has 3 fully saturated rings. The lowest BCUT2D eigenvalue weighted by molar-refractivity contribution is -0.144. The zero-order valence-corrected chi connectivity index (χ0v) is 15.5. The molecule has 4 heterocycles. The first-order chi connectivity index (χ1) is 13.0. The average Bonchev–Trinajstić information content (AvgIpc) is 3.31. The summed E-state index contributed by atoms with van der Waals surface area (Å²) < 4.78 is 7.03. The van der Waals surface area contributed by atoms with E-state index >= 15 is 0 Å². The number of carbonyl (C=O) groups excluding carboxylic acids is 2. The van der Waals surface area contributed by atoms with Gasteiger partial charge >= 0.3 is 0 Å². The van der Waals surface area contributed by atoms with E-state index < -0.39 is 0 Å². The van der Waals surface area contributed by atoms with E-state index in [-0.39, 0.29) is 35.8 Å². The molecule has 2 N–H and O–H groups in total. The topological polar surface area (TPSA) is 119 Å². The first-order valence-corrected chi connectivity index (χ1v) is 9.73. The standard InChI is InChI=1S/C17H27N7O3/c18-16-19-20-21-24(16)11-15(26)22-7-5-17(6-8-22)4-3-14(25)23(12-17)10-13-2-1-9-27-13/h13H,1-12H2,(H2,18,19,21)/t13-/m0/s1. The third-order valence-electron chi connectivity index (χ3n) is 6.22. The Kier molecular flexibility index (Phi) is 4.98. The number of anilines is 1. The van der Waals surface area contributed by atoms with Crippen molar-refractivity contribution in [3.8, 4) is 0 Å². The van der Waals surface area contributed by atoms with Gasteiger partial charge in [0.1, 0.15) is 6.54 Å². The summed E-state index contributed by atoms with van der Waals surface area (Å²) in [5.74, 6) is 0.364. The normalized spacial score (nSPS) is 25.3. The van der Waals surface area contributed by atoms with Crippen LogP contribution in [0.5, 0.6) is 0 Å². The van der Waals surface area contributed by atoms with Gasteiger partial charge in [-0.15, -0.1) is 0 Å². The third-order valence-corrected chi connectivity index (χ3v) is 6.22. The molecule has 2 amide bonds. The number of hydrogen-bond acceptors (Lipinski definition) is 7. The van der Waals surface area contributed by atoms with Gasteiger partial charge in [-0.25, -0.2) is 4.68 Å². The lowest BCUT2D eigenvalue weighted by Gasteiger charge is -2.47. The van der Waals surface area contributed by atoms with Crippen LogP contribution >= 0.6 is 0 Å². The Labute approximate surface area is 158 Å². The van der Waals surface area contributed by atoms with Crippen molar-refractivity contribution in [2.24, 2.45) is 5.41 Å². The fourth-order valence-corrected chi connectivity index (χ4v) is 4.49. The zero-order valence-electron chi connectivity index (χ0n) is 15.5. The molecule has 3 aliphatic heterocycles. The van der Waals surface area contributed by atoms with Gasteiger partial charge in [0.2, 0.25) is 17.8 Å². The van der Waals surface area contributed by atoms with Gasteiger partial charge in [-0.3, -0.25) is 9.59 Å². The number of amides is 2. The van der Waals surface area contributed by atoms with Crippen molar-refractivity contribution in [3.05, 3.63) is 0 Å². The zero-order chi connectivity index (χ0) is 18.9. The molecule has 3 saturated heterocycles. The van der Waals surface area contributed by atoms with Crippen LogP contribution in [-0.2, 0) is 20.9 Å². The molecule has 0 unspecified atom stereocenters. The van der Waals surface area contributed by atoms with E-state index in [1.807, 2.05) is 9.80 Å². The molecule has 0 radical (unpaired) electrons. The number of likely N-dealkylation sites (tertiary alicyclic amines) is 2. The first kappa shape index (κ1) is 18.1. The van der Waals surface area contributed by atoms with Crippen LogP contribution < -0.4 is 5.73 Å². The second kappa shape index (κ2) is 7.41. The highest BCUT2D eigenvalue weighted by atomic mass is 16.5. The number of nitrogens with two attached hydrogens (primary N) is 1. The highest BCUT2D eigenvalue weighted by Gasteiger charge is 2.42. The monoisotopic (exact) mass is 377 g/mol. The third kappa shape index (κ3) is 3.90. The molecule has 10 heteroatoms. The first-order valence-electron chi connectivity index (χ1n) is 9.73. The minimum atomic E-state index is -0.0213.